The molecule has 5 heteroatoms. The molecule has 0 radical (unpaired) electrons. The van der Waals surface area contributed by atoms with Gasteiger partial charge in [-0.25, -0.2) is 0 Å². The zero-order valence-corrected chi connectivity index (χ0v) is 13.1. The third-order valence-corrected chi connectivity index (χ3v) is 4.07. The van der Waals surface area contributed by atoms with Crippen LogP contribution in [0, 0.1) is 0 Å². The fourth-order valence-corrected chi connectivity index (χ4v) is 2.81. The van der Waals surface area contributed by atoms with Crippen molar-refractivity contribution in [3.05, 3.63) is 12.1 Å². The quantitative estimate of drug-likeness (QED) is 0.872. The van der Waals surface area contributed by atoms with Crippen LogP contribution < -0.4 is 10.2 Å². The number of nitrogens with zero attached hydrogens (tertiary/aromatic N) is 3. The van der Waals surface area contributed by atoms with Crippen molar-refractivity contribution in [2.45, 2.75) is 64.8 Å². The van der Waals surface area contributed by atoms with Crippen molar-refractivity contribution in [2.75, 3.05) is 16.8 Å². The number of anilines is 2. The van der Waals surface area contributed by atoms with Gasteiger partial charge in [0.05, 0.1) is 0 Å². The van der Waals surface area contributed by atoms with E-state index in [1.54, 1.807) is 0 Å². The first-order valence-corrected chi connectivity index (χ1v) is 8.14. The van der Waals surface area contributed by atoms with Crippen LogP contribution in [0.5, 0.6) is 0 Å². The summed E-state index contributed by atoms with van der Waals surface area (Å²) in [6.07, 6.45) is 7.35. The van der Waals surface area contributed by atoms with Gasteiger partial charge in [0.25, 0.3) is 0 Å². The molecule has 21 heavy (non-hydrogen) atoms. The number of unbranched alkanes of at least 4 members (excludes halogenated alkanes) is 1. The maximum atomic E-state index is 11.7. The Morgan fingerprint density at radius 3 is 2.86 bits per heavy atom. The molecule has 1 saturated heterocycles. The maximum absolute atomic E-state index is 11.7. The van der Waals surface area contributed by atoms with E-state index in [9.17, 15) is 4.79 Å². The van der Waals surface area contributed by atoms with Gasteiger partial charge in [0, 0.05) is 19.0 Å². The zero-order chi connectivity index (χ0) is 15.1. The van der Waals surface area contributed by atoms with Gasteiger partial charge in [-0.3, -0.25) is 4.79 Å². The molecule has 2 heterocycles. The lowest BCUT2D eigenvalue weighted by Gasteiger charge is -2.35. The van der Waals surface area contributed by atoms with Gasteiger partial charge in [-0.2, -0.15) is 0 Å². The Kier molecular flexibility index (Phi) is 5.96. The maximum Gasteiger partial charge on any atom is 0.225 e. The number of amides is 1. The molecule has 1 aliphatic rings. The molecule has 2 rings (SSSR count). The van der Waals surface area contributed by atoms with Gasteiger partial charge >= 0.3 is 0 Å². The highest BCUT2D eigenvalue weighted by Crippen LogP contribution is 2.24. The van der Waals surface area contributed by atoms with Crippen LogP contribution in [0.2, 0.25) is 0 Å². The van der Waals surface area contributed by atoms with Crippen molar-refractivity contribution in [1.29, 1.82) is 0 Å². The van der Waals surface area contributed by atoms with Gasteiger partial charge in [-0.15, -0.1) is 10.2 Å². The van der Waals surface area contributed by atoms with Gasteiger partial charge in [0.1, 0.15) is 0 Å². The minimum atomic E-state index is 0.0170. The van der Waals surface area contributed by atoms with E-state index in [1.807, 2.05) is 12.1 Å². The predicted octanol–water partition coefficient (Wildman–Crippen LogP) is 3.37. The molecule has 0 aromatic carbocycles. The van der Waals surface area contributed by atoms with E-state index in [4.69, 9.17) is 0 Å². The average molecular weight is 290 g/mol. The number of piperidine rings is 1. The lowest BCUT2D eigenvalue weighted by Crippen LogP contribution is -2.39. The molecule has 1 unspecified atom stereocenters. The monoisotopic (exact) mass is 290 g/mol. The Hall–Kier alpha value is -1.65. The minimum Gasteiger partial charge on any atom is -0.352 e. The van der Waals surface area contributed by atoms with E-state index in [1.165, 1.54) is 19.3 Å². The van der Waals surface area contributed by atoms with Crippen molar-refractivity contribution >= 4 is 17.5 Å². The lowest BCUT2D eigenvalue weighted by molar-refractivity contribution is -0.116. The smallest absolute Gasteiger partial charge is 0.225 e. The number of hydrogen-bond acceptors (Lipinski definition) is 4. The highest BCUT2D eigenvalue weighted by molar-refractivity contribution is 5.89. The second-order valence-corrected chi connectivity index (χ2v) is 5.68. The summed E-state index contributed by atoms with van der Waals surface area (Å²) in [6, 6.07) is 4.39. The zero-order valence-electron chi connectivity index (χ0n) is 13.1. The molecular weight excluding hydrogens is 264 g/mol. The van der Waals surface area contributed by atoms with Gasteiger partial charge < -0.3 is 10.2 Å². The van der Waals surface area contributed by atoms with Gasteiger partial charge in [0.2, 0.25) is 5.91 Å². The molecule has 1 fully saturated rings. The summed E-state index contributed by atoms with van der Waals surface area (Å²) in [5.74, 6) is 1.49. The largest absolute Gasteiger partial charge is 0.352 e. The lowest BCUT2D eigenvalue weighted by atomic mass is 10.0. The van der Waals surface area contributed by atoms with Crippen LogP contribution in [0.25, 0.3) is 0 Å². The van der Waals surface area contributed by atoms with Crippen molar-refractivity contribution < 1.29 is 4.79 Å². The van der Waals surface area contributed by atoms with Crippen LogP contribution in [0.4, 0.5) is 11.6 Å². The highest BCUT2D eigenvalue weighted by Gasteiger charge is 2.22. The molecule has 1 amide bonds. The number of carbonyl (C=O) groups excluding carboxylic acids is 1. The molecular formula is C16H26N4O. The van der Waals surface area contributed by atoms with E-state index in [0.717, 1.165) is 31.6 Å². The Labute approximate surface area is 127 Å². The third-order valence-electron chi connectivity index (χ3n) is 4.07. The molecule has 1 N–H and O–H groups in total. The fourth-order valence-electron chi connectivity index (χ4n) is 2.81. The standard InChI is InChI=1S/C16H26N4O/c1-3-5-9-16(21)17-14-10-11-15(19-18-14)20-12-7-6-8-13(20)4-2/h10-11,13H,3-9,12H2,1-2H3,(H,17,18,21). The van der Waals surface area contributed by atoms with Crippen LogP contribution >= 0.6 is 0 Å². The highest BCUT2D eigenvalue weighted by atomic mass is 16.1. The Balaban J connectivity index is 1.96. The van der Waals surface area contributed by atoms with Crippen LogP contribution in [0.1, 0.15) is 58.8 Å². The normalized spacial score (nSPS) is 18.6. The summed E-state index contributed by atoms with van der Waals surface area (Å²) in [5.41, 5.74) is 0. The predicted molar refractivity (Wildman–Crippen MR) is 85.5 cm³/mol. The van der Waals surface area contributed by atoms with Gasteiger partial charge in [-0.05, 0) is 44.2 Å². The average Bonchev–Trinajstić information content (AvgIpc) is 2.53. The SMILES string of the molecule is CCCCC(=O)Nc1ccc(N2CCCCC2CC)nn1. The van der Waals surface area contributed by atoms with E-state index in [-0.39, 0.29) is 5.91 Å². The van der Waals surface area contributed by atoms with Crippen LogP contribution in [-0.4, -0.2) is 28.7 Å². The molecule has 0 saturated carbocycles. The summed E-state index contributed by atoms with van der Waals surface area (Å²) >= 11 is 0. The van der Waals surface area contributed by atoms with Crippen molar-refractivity contribution in [3.8, 4) is 0 Å². The van der Waals surface area contributed by atoms with E-state index < -0.39 is 0 Å². The molecule has 1 aromatic heterocycles. The molecule has 116 valence electrons. The first-order chi connectivity index (χ1) is 10.2. The molecule has 1 atom stereocenters. The second kappa shape index (κ2) is 7.96. The number of carbonyl (C=O) groups is 1. The Bertz CT molecular complexity index is 446. The molecule has 1 aromatic rings. The number of aromatic nitrogens is 2. The van der Waals surface area contributed by atoms with E-state index in [2.05, 4.69) is 34.3 Å². The summed E-state index contributed by atoms with van der Waals surface area (Å²) in [5, 5.41) is 11.2. The van der Waals surface area contributed by atoms with Crippen molar-refractivity contribution in [1.82, 2.24) is 10.2 Å². The first kappa shape index (κ1) is 15.7. The van der Waals surface area contributed by atoms with E-state index >= 15 is 0 Å². The van der Waals surface area contributed by atoms with Crippen LogP contribution in [-0.2, 0) is 4.79 Å². The molecule has 1 aliphatic heterocycles. The topological polar surface area (TPSA) is 58.1 Å². The fraction of sp³-hybridized carbons (Fsp3) is 0.688. The Morgan fingerprint density at radius 1 is 1.33 bits per heavy atom. The molecule has 0 aliphatic carbocycles. The first-order valence-electron chi connectivity index (χ1n) is 8.14. The van der Waals surface area contributed by atoms with Gasteiger partial charge in [0.15, 0.2) is 11.6 Å². The van der Waals surface area contributed by atoms with Crippen LogP contribution in [0.15, 0.2) is 12.1 Å². The summed E-state index contributed by atoms with van der Waals surface area (Å²) in [7, 11) is 0. The van der Waals surface area contributed by atoms with Crippen molar-refractivity contribution in [2.24, 2.45) is 0 Å². The van der Waals surface area contributed by atoms with Crippen LogP contribution in [0.3, 0.4) is 0 Å². The van der Waals surface area contributed by atoms with Gasteiger partial charge in [-0.1, -0.05) is 20.3 Å². The number of hydrogen-bond donors (Lipinski definition) is 1. The number of nitrogens with one attached hydrogen (secondary N) is 1. The van der Waals surface area contributed by atoms with Crippen molar-refractivity contribution in [3.63, 3.8) is 0 Å². The molecule has 0 bridgehead atoms. The third kappa shape index (κ3) is 4.41. The Morgan fingerprint density at radius 2 is 2.19 bits per heavy atom. The summed E-state index contributed by atoms with van der Waals surface area (Å²) < 4.78 is 0. The number of rotatable bonds is 6. The summed E-state index contributed by atoms with van der Waals surface area (Å²) in [6.45, 7) is 5.35. The molecule has 0 spiro atoms. The minimum absolute atomic E-state index is 0.0170. The van der Waals surface area contributed by atoms with E-state index in [0.29, 0.717) is 18.3 Å². The second-order valence-electron chi connectivity index (χ2n) is 5.68. The summed E-state index contributed by atoms with van der Waals surface area (Å²) in [4.78, 5) is 14.0. The molecule has 5 nitrogen and oxygen atoms in total.